The van der Waals surface area contributed by atoms with Crippen LogP contribution in [-0.2, 0) is 11.4 Å². The third-order valence-corrected chi connectivity index (χ3v) is 4.99. The fourth-order valence-electron chi connectivity index (χ4n) is 2.58. The van der Waals surface area contributed by atoms with E-state index in [2.05, 4.69) is 21.2 Å². The second kappa shape index (κ2) is 10.1. The second-order valence-corrected chi connectivity index (χ2v) is 7.47. The molecule has 0 aromatic heterocycles. The highest BCUT2D eigenvalue weighted by Gasteiger charge is 2.12. The molecule has 7 heteroatoms. The highest BCUT2D eigenvalue weighted by molar-refractivity contribution is 9.10. The summed E-state index contributed by atoms with van der Waals surface area (Å²) in [5.41, 5.74) is 1.68. The van der Waals surface area contributed by atoms with Crippen LogP contribution in [-0.4, -0.2) is 5.91 Å². The zero-order valence-corrected chi connectivity index (χ0v) is 17.9. The number of hydrogen-bond donors (Lipinski definition) is 1. The number of para-hydroxylation sites is 1. The summed E-state index contributed by atoms with van der Waals surface area (Å²) < 4.78 is 19.6. The van der Waals surface area contributed by atoms with Crippen LogP contribution in [0.3, 0.4) is 0 Å². The summed E-state index contributed by atoms with van der Waals surface area (Å²) in [5.74, 6) is -0.335. The van der Waals surface area contributed by atoms with Gasteiger partial charge in [0.1, 0.15) is 29.8 Å². The van der Waals surface area contributed by atoms with Crippen molar-refractivity contribution in [1.82, 2.24) is 0 Å². The van der Waals surface area contributed by atoms with Gasteiger partial charge in [-0.2, -0.15) is 5.26 Å². The first kappa shape index (κ1) is 21.6. The summed E-state index contributed by atoms with van der Waals surface area (Å²) in [6, 6.07) is 20.0. The smallest absolute Gasteiger partial charge is 0.266 e. The van der Waals surface area contributed by atoms with Gasteiger partial charge in [0.25, 0.3) is 5.91 Å². The van der Waals surface area contributed by atoms with Crippen molar-refractivity contribution in [2.45, 2.75) is 6.61 Å². The van der Waals surface area contributed by atoms with Crippen molar-refractivity contribution >= 4 is 45.2 Å². The van der Waals surface area contributed by atoms with Crippen molar-refractivity contribution < 1.29 is 13.9 Å². The van der Waals surface area contributed by atoms with E-state index in [1.54, 1.807) is 54.6 Å². The molecule has 0 aliphatic rings. The van der Waals surface area contributed by atoms with Crippen LogP contribution in [0.2, 0.25) is 5.02 Å². The van der Waals surface area contributed by atoms with E-state index in [0.29, 0.717) is 32.1 Å². The van der Waals surface area contributed by atoms with E-state index in [9.17, 15) is 14.4 Å². The van der Waals surface area contributed by atoms with Gasteiger partial charge in [0.05, 0.1) is 15.2 Å². The molecule has 0 saturated carbocycles. The van der Waals surface area contributed by atoms with Crippen molar-refractivity contribution in [2.24, 2.45) is 0 Å². The summed E-state index contributed by atoms with van der Waals surface area (Å²) in [7, 11) is 0. The van der Waals surface area contributed by atoms with E-state index < -0.39 is 5.91 Å². The van der Waals surface area contributed by atoms with Crippen molar-refractivity contribution in [1.29, 1.82) is 5.26 Å². The third kappa shape index (κ3) is 5.69. The largest absolute Gasteiger partial charge is 0.488 e. The minimum absolute atomic E-state index is 0.0738. The number of benzene rings is 3. The number of nitriles is 1. The Morgan fingerprint density at radius 1 is 1.17 bits per heavy atom. The molecule has 0 aliphatic carbocycles. The van der Waals surface area contributed by atoms with Gasteiger partial charge in [0.15, 0.2) is 0 Å². The Balaban J connectivity index is 1.72. The molecule has 0 bridgehead atoms. The van der Waals surface area contributed by atoms with E-state index in [1.807, 2.05) is 6.07 Å². The van der Waals surface area contributed by atoms with Gasteiger partial charge in [-0.1, -0.05) is 41.9 Å². The third-order valence-electron chi connectivity index (χ3n) is 4.04. The molecule has 0 atom stereocenters. The number of amides is 1. The van der Waals surface area contributed by atoms with E-state index in [4.69, 9.17) is 16.3 Å². The maximum atomic E-state index is 13.3. The number of carbonyl (C=O) groups excluding carboxylic acids is 1. The van der Waals surface area contributed by atoms with Crippen LogP contribution >= 0.6 is 27.5 Å². The molecule has 3 aromatic carbocycles. The Morgan fingerprint density at radius 3 is 2.67 bits per heavy atom. The van der Waals surface area contributed by atoms with Crippen molar-refractivity contribution in [2.75, 3.05) is 5.32 Å². The highest BCUT2D eigenvalue weighted by Crippen LogP contribution is 2.28. The molecule has 3 aromatic rings. The van der Waals surface area contributed by atoms with Crippen molar-refractivity contribution in [3.63, 3.8) is 0 Å². The summed E-state index contributed by atoms with van der Waals surface area (Å²) in [5, 5.41) is 12.4. The summed E-state index contributed by atoms with van der Waals surface area (Å²) in [6.45, 7) is 0.204. The Hall–Kier alpha value is -3.14. The van der Waals surface area contributed by atoms with E-state index in [0.717, 1.165) is 0 Å². The predicted molar refractivity (Wildman–Crippen MR) is 119 cm³/mol. The molecule has 1 amide bonds. The Morgan fingerprint density at radius 2 is 1.97 bits per heavy atom. The molecule has 0 unspecified atom stereocenters. The van der Waals surface area contributed by atoms with Crippen LogP contribution in [0.15, 0.2) is 76.8 Å². The second-order valence-electron chi connectivity index (χ2n) is 6.21. The Labute approximate surface area is 186 Å². The molecule has 30 heavy (non-hydrogen) atoms. The number of hydrogen-bond acceptors (Lipinski definition) is 3. The van der Waals surface area contributed by atoms with Gasteiger partial charge in [-0.25, -0.2) is 4.39 Å². The van der Waals surface area contributed by atoms with Crippen molar-refractivity contribution in [3.05, 3.63) is 98.7 Å². The Kier molecular flexibility index (Phi) is 7.23. The monoisotopic (exact) mass is 484 g/mol. The van der Waals surface area contributed by atoms with Crippen LogP contribution in [0.25, 0.3) is 6.08 Å². The number of nitrogens with one attached hydrogen (secondary N) is 1. The van der Waals surface area contributed by atoms with Crippen molar-refractivity contribution in [3.8, 4) is 11.8 Å². The zero-order valence-electron chi connectivity index (χ0n) is 15.5. The van der Waals surface area contributed by atoms with Crippen LogP contribution in [0.5, 0.6) is 5.75 Å². The lowest BCUT2D eigenvalue weighted by molar-refractivity contribution is -0.112. The number of halogens is 3. The maximum Gasteiger partial charge on any atom is 0.266 e. The van der Waals surface area contributed by atoms with Gasteiger partial charge >= 0.3 is 0 Å². The molecule has 0 heterocycles. The van der Waals surface area contributed by atoms with E-state index in [1.165, 1.54) is 18.2 Å². The highest BCUT2D eigenvalue weighted by atomic mass is 79.9. The lowest BCUT2D eigenvalue weighted by atomic mass is 10.1. The average molecular weight is 486 g/mol. The van der Waals surface area contributed by atoms with Crippen LogP contribution in [0.4, 0.5) is 10.1 Å². The lowest BCUT2D eigenvalue weighted by Gasteiger charge is -2.09. The lowest BCUT2D eigenvalue weighted by Crippen LogP contribution is -2.13. The van der Waals surface area contributed by atoms with Crippen LogP contribution in [0, 0.1) is 17.1 Å². The summed E-state index contributed by atoms with van der Waals surface area (Å²) in [4.78, 5) is 12.4. The molecule has 0 radical (unpaired) electrons. The average Bonchev–Trinajstić information content (AvgIpc) is 2.73. The zero-order chi connectivity index (χ0) is 21.5. The minimum Gasteiger partial charge on any atom is -0.488 e. The molecule has 4 nitrogen and oxygen atoms in total. The van der Waals surface area contributed by atoms with Gasteiger partial charge in [0.2, 0.25) is 0 Å². The van der Waals surface area contributed by atoms with Crippen LogP contribution in [0.1, 0.15) is 11.1 Å². The maximum absolute atomic E-state index is 13.3. The normalized spacial score (nSPS) is 10.9. The molecule has 0 aliphatic heterocycles. The van der Waals surface area contributed by atoms with Gasteiger partial charge in [0, 0.05) is 0 Å². The Bertz CT molecular complexity index is 1160. The molecule has 0 fully saturated rings. The standard InChI is InChI=1S/C23H15BrClFN2O2/c24-19-12-15(8-9-22(19)30-14-16-4-3-5-18(26)11-16)10-17(13-27)23(29)28-21-7-2-1-6-20(21)25/h1-12H,14H2,(H,28,29)/b17-10+. The molecule has 1 N–H and O–H groups in total. The van der Waals surface area contributed by atoms with E-state index in [-0.39, 0.29) is 18.0 Å². The number of rotatable bonds is 6. The topological polar surface area (TPSA) is 62.1 Å². The van der Waals surface area contributed by atoms with E-state index >= 15 is 0 Å². The summed E-state index contributed by atoms with van der Waals surface area (Å²) >= 11 is 9.46. The molecule has 3 rings (SSSR count). The predicted octanol–water partition coefficient (Wildman–Crippen LogP) is 6.37. The molecule has 150 valence electrons. The molecule has 0 saturated heterocycles. The SMILES string of the molecule is N#C/C(=C\c1ccc(OCc2cccc(F)c2)c(Br)c1)C(=O)Nc1ccccc1Cl. The molecular formula is C23H15BrClFN2O2. The van der Waals surface area contributed by atoms with Gasteiger partial charge in [-0.05, 0) is 69.5 Å². The van der Waals surface area contributed by atoms with Gasteiger partial charge in [-0.15, -0.1) is 0 Å². The molecular weight excluding hydrogens is 471 g/mol. The number of carbonyl (C=O) groups is 1. The number of anilines is 1. The first-order valence-corrected chi connectivity index (χ1v) is 9.98. The first-order chi connectivity index (χ1) is 14.5. The minimum atomic E-state index is -0.562. The summed E-state index contributed by atoms with van der Waals surface area (Å²) in [6.07, 6.45) is 1.47. The first-order valence-electron chi connectivity index (χ1n) is 8.81. The fourth-order valence-corrected chi connectivity index (χ4v) is 3.27. The molecule has 0 spiro atoms. The fraction of sp³-hybridized carbons (Fsp3) is 0.0435. The number of nitrogens with zero attached hydrogens (tertiary/aromatic N) is 1. The van der Waals surface area contributed by atoms with Crippen LogP contribution < -0.4 is 10.1 Å². The quantitative estimate of drug-likeness (QED) is 0.326. The number of ether oxygens (including phenoxy) is 1. The van der Waals surface area contributed by atoms with Gasteiger partial charge < -0.3 is 10.1 Å². The van der Waals surface area contributed by atoms with Gasteiger partial charge in [-0.3, -0.25) is 4.79 Å².